The number of hydrogen-bond donors (Lipinski definition) is 1. The van der Waals surface area contributed by atoms with Crippen LogP contribution in [0.2, 0.25) is 0 Å². The Morgan fingerprint density at radius 1 is 1.00 bits per heavy atom. The highest BCUT2D eigenvalue weighted by Gasteiger charge is 2.42. The topological polar surface area (TPSA) is 15.0 Å². The van der Waals surface area contributed by atoms with Crippen LogP contribution in [-0.4, -0.2) is 17.3 Å². The Kier molecular flexibility index (Phi) is 3.61. The molecule has 1 aliphatic heterocycles. The number of rotatable bonds is 3. The molecular weight excluding hydrogens is 268 g/mol. The second-order valence-corrected chi connectivity index (χ2v) is 6.43. The summed E-state index contributed by atoms with van der Waals surface area (Å²) in [6, 6.07) is 17.1. The maximum absolute atomic E-state index is 3.36. The van der Waals surface area contributed by atoms with Crippen molar-refractivity contribution in [2.75, 3.05) is 12.4 Å². The van der Waals surface area contributed by atoms with Gasteiger partial charge in [0.15, 0.2) is 5.71 Å². The summed E-state index contributed by atoms with van der Waals surface area (Å²) in [5.74, 6) is 0. The van der Waals surface area contributed by atoms with Crippen molar-refractivity contribution in [3.8, 4) is 0 Å². The number of benzene rings is 2. The van der Waals surface area contributed by atoms with Gasteiger partial charge < -0.3 is 5.32 Å². The molecule has 0 aromatic heterocycles. The van der Waals surface area contributed by atoms with Crippen molar-refractivity contribution in [2.45, 2.75) is 26.2 Å². The molecule has 22 heavy (non-hydrogen) atoms. The lowest BCUT2D eigenvalue weighted by molar-refractivity contribution is -0.401. The fourth-order valence-electron chi connectivity index (χ4n) is 3.17. The van der Waals surface area contributed by atoms with E-state index in [9.17, 15) is 0 Å². The summed E-state index contributed by atoms with van der Waals surface area (Å²) in [5, 5.41) is 3.36. The van der Waals surface area contributed by atoms with Crippen molar-refractivity contribution >= 4 is 17.1 Å². The normalized spacial score (nSPS) is 16.2. The van der Waals surface area contributed by atoms with Crippen molar-refractivity contribution in [1.82, 2.24) is 0 Å². The minimum atomic E-state index is 0.0246. The first-order chi connectivity index (χ1) is 10.5. The van der Waals surface area contributed by atoms with Crippen LogP contribution in [-0.2, 0) is 5.41 Å². The van der Waals surface area contributed by atoms with Crippen LogP contribution in [0.5, 0.6) is 0 Å². The fourth-order valence-corrected chi connectivity index (χ4v) is 3.17. The maximum atomic E-state index is 3.36. The molecule has 112 valence electrons. The van der Waals surface area contributed by atoms with E-state index in [4.69, 9.17) is 0 Å². The second kappa shape index (κ2) is 5.45. The van der Waals surface area contributed by atoms with Crippen LogP contribution < -0.4 is 5.32 Å². The molecule has 0 amide bonds. The SMILES string of the molecule is Cc1ccc(NC=CC2=[N+](C)c3ccccc3C2(C)C)cc1. The van der Waals surface area contributed by atoms with Gasteiger partial charge in [0.2, 0.25) is 5.69 Å². The summed E-state index contributed by atoms with van der Waals surface area (Å²) < 4.78 is 2.28. The summed E-state index contributed by atoms with van der Waals surface area (Å²) in [4.78, 5) is 0. The summed E-state index contributed by atoms with van der Waals surface area (Å²) in [5.41, 5.74) is 6.38. The molecule has 0 radical (unpaired) electrons. The standard InChI is InChI=1S/C20H22N2/c1-15-9-11-16(12-10-15)21-14-13-19-20(2,3)17-7-5-6-8-18(17)22(19)4/h5-14H,1-4H3/p+1. The summed E-state index contributed by atoms with van der Waals surface area (Å²) >= 11 is 0. The quantitative estimate of drug-likeness (QED) is 0.815. The van der Waals surface area contributed by atoms with Gasteiger partial charge in [0.1, 0.15) is 7.05 Å². The van der Waals surface area contributed by atoms with E-state index < -0.39 is 0 Å². The Hall–Kier alpha value is -2.35. The van der Waals surface area contributed by atoms with Crippen molar-refractivity contribution < 1.29 is 4.58 Å². The monoisotopic (exact) mass is 291 g/mol. The Labute approximate surface area is 132 Å². The van der Waals surface area contributed by atoms with E-state index in [2.05, 4.69) is 92.3 Å². The molecule has 0 bridgehead atoms. The molecule has 0 unspecified atom stereocenters. The van der Waals surface area contributed by atoms with Crippen LogP contribution >= 0.6 is 0 Å². The molecule has 2 heteroatoms. The Morgan fingerprint density at radius 3 is 2.36 bits per heavy atom. The van der Waals surface area contributed by atoms with Crippen LogP contribution in [0.3, 0.4) is 0 Å². The van der Waals surface area contributed by atoms with Gasteiger partial charge in [0.05, 0.1) is 5.41 Å². The van der Waals surface area contributed by atoms with Gasteiger partial charge in [-0.3, -0.25) is 0 Å². The lowest BCUT2D eigenvalue weighted by Crippen LogP contribution is -2.26. The molecule has 1 heterocycles. The van der Waals surface area contributed by atoms with Crippen LogP contribution in [0.4, 0.5) is 11.4 Å². The average Bonchev–Trinajstić information content (AvgIpc) is 2.70. The van der Waals surface area contributed by atoms with Gasteiger partial charge in [0.25, 0.3) is 0 Å². The molecule has 0 atom stereocenters. The number of hydrogen-bond acceptors (Lipinski definition) is 1. The Morgan fingerprint density at radius 2 is 1.68 bits per heavy atom. The number of aryl methyl sites for hydroxylation is 1. The number of fused-ring (bicyclic) bond motifs is 1. The van der Waals surface area contributed by atoms with E-state index in [1.54, 1.807) is 0 Å². The number of para-hydroxylation sites is 1. The number of nitrogens with zero attached hydrogens (tertiary/aromatic N) is 1. The Bertz CT molecular complexity index is 750. The molecular formula is C20H23N2+. The van der Waals surface area contributed by atoms with E-state index in [-0.39, 0.29) is 5.41 Å². The zero-order valence-electron chi connectivity index (χ0n) is 13.7. The van der Waals surface area contributed by atoms with E-state index in [1.165, 1.54) is 22.5 Å². The smallest absolute Gasteiger partial charge is 0.209 e. The predicted molar refractivity (Wildman–Crippen MR) is 94.3 cm³/mol. The Balaban J connectivity index is 1.85. The summed E-state index contributed by atoms with van der Waals surface area (Å²) in [7, 11) is 2.14. The predicted octanol–water partition coefficient (Wildman–Crippen LogP) is 4.63. The molecule has 3 rings (SSSR count). The third-order valence-electron chi connectivity index (χ3n) is 4.48. The highest BCUT2D eigenvalue weighted by molar-refractivity contribution is 6.03. The maximum Gasteiger partial charge on any atom is 0.209 e. The number of anilines is 1. The molecule has 0 fully saturated rings. The van der Waals surface area contributed by atoms with Gasteiger partial charge in [0, 0.05) is 29.6 Å². The van der Waals surface area contributed by atoms with Crippen molar-refractivity contribution in [1.29, 1.82) is 0 Å². The molecule has 2 nitrogen and oxygen atoms in total. The van der Waals surface area contributed by atoms with Gasteiger partial charge in [-0.25, -0.2) is 0 Å². The first kappa shape index (κ1) is 14.6. The van der Waals surface area contributed by atoms with Crippen LogP contribution in [0, 0.1) is 6.92 Å². The molecule has 0 aliphatic carbocycles. The molecule has 0 saturated heterocycles. The zero-order chi connectivity index (χ0) is 15.7. The molecule has 2 aromatic carbocycles. The first-order valence-corrected chi connectivity index (χ1v) is 7.70. The van der Waals surface area contributed by atoms with Gasteiger partial charge in [-0.05, 0) is 32.9 Å². The van der Waals surface area contributed by atoms with Crippen LogP contribution in [0.1, 0.15) is 25.0 Å². The summed E-state index contributed by atoms with van der Waals surface area (Å²) in [6.45, 7) is 6.66. The largest absolute Gasteiger partial charge is 0.361 e. The zero-order valence-corrected chi connectivity index (χ0v) is 13.7. The molecule has 1 N–H and O–H groups in total. The number of allylic oxidation sites excluding steroid dienone is 1. The second-order valence-electron chi connectivity index (χ2n) is 6.43. The summed E-state index contributed by atoms with van der Waals surface area (Å²) in [6.07, 6.45) is 4.21. The van der Waals surface area contributed by atoms with E-state index in [0.717, 1.165) is 5.69 Å². The molecule has 0 spiro atoms. The van der Waals surface area contributed by atoms with Crippen molar-refractivity contribution in [3.63, 3.8) is 0 Å². The van der Waals surface area contributed by atoms with Crippen LogP contribution in [0.25, 0.3) is 0 Å². The lowest BCUT2D eigenvalue weighted by atomic mass is 9.81. The van der Waals surface area contributed by atoms with Gasteiger partial charge >= 0.3 is 0 Å². The minimum absolute atomic E-state index is 0.0246. The molecule has 1 aliphatic rings. The average molecular weight is 291 g/mol. The van der Waals surface area contributed by atoms with Crippen molar-refractivity contribution in [2.24, 2.45) is 0 Å². The highest BCUT2D eigenvalue weighted by atomic mass is 15.0. The molecule has 2 aromatic rings. The molecule has 0 saturated carbocycles. The third kappa shape index (κ3) is 2.45. The number of nitrogens with one attached hydrogen (secondary N) is 1. The minimum Gasteiger partial charge on any atom is -0.361 e. The fraction of sp³-hybridized carbons (Fsp3) is 0.250. The van der Waals surface area contributed by atoms with Gasteiger partial charge in [-0.15, -0.1) is 0 Å². The van der Waals surface area contributed by atoms with E-state index >= 15 is 0 Å². The van der Waals surface area contributed by atoms with E-state index in [0.29, 0.717) is 0 Å². The lowest BCUT2D eigenvalue weighted by Gasteiger charge is -2.15. The van der Waals surface area contributed by atoms with Crippen LogP contribution in [0.15, 0.2) is 60.8 Å². The highest BCUT2D eigenvalue weighted by Crippen LogP contribution is 2.38. The van der Waals surface area contributed by atoms with E-state index in [1.807, 2.05) is 6.20 Å². The van der Waals surface area contributed by atoms with Gasteiger partial charge in [-0.2, -0.15) is 4.58 Å². The van der Waals surface area contributed by atoms with Crippen molar-refractivity contribution in [3.05, 3.63) is 71.9 Å². The third-order valence-corrected chi connectivity index (χ3v) is 4.48. The van der Waals surface area contributed by atoms with Gasteiger partial charge in [-0.1, -0.05) is 35.9 Å². The first-order valence-electron chi connectivity index (χ1n) is 7.70.